The Bertz CT molecular complexity index is 615. The van der Waals surface area contributed by atoms with Crippen LogP contribution in [-0.4, -0.2) is 5.78 Å². The first-order chi connectivity index (χ1) is 9.47. The molecule has 0 unspecified atom stereocenters. The van der Waals surface area contributed by atoms with Crippen molar-refractivity contribution in [2.24, 2.45) is 5.92 Å². The minimum atomic E-state index is -0.0707. The second-order valence-corrected chi connectivity index (χ2v) is 5.47. The van der Waals surface area contributed by atoms with Crippen LogP contribution in [0.2, 0.25) is 0 Å². The second-order valence-electron chi connectivity index (χ2n) is 5.47. The fraction of sp³-hybridized carbons (Fsp3) is 0.235. The van der Waals surface area contributed by atoms with Crippen LogP contribution in [0.15, 0.2) is 42.5 Å². The first-order valence-corrected chi connectivity index (χ1v) is 6.76. The maximum absolute atomic E-state index is 12.4. The molecule has 0 heterocycles. The Kier molecular flexibility index (Phi) is 4.08. The van der Waals surface area contributed by atoms with Crippen LogP contribution in [0.25, 0.3) is 0 Å². The van der Waals surface area contributed by atoms with Crippen LogP contribution in [0.5, 0.6) is 0 Å². The van der Waals surface area contributed by atoms with Crippen molar-refractivity contribution < 1.29 is 4.79 Å². The molecule has 0 aliphatic heterocycles. The zero-order valence-electron chi connectivity index (χ0n) is 11.9. The van der Waals surface area contributed by atoms with Crippen LogP contribution in [0.4, 0.5) is 11.4 Å². The van der Waals surface area contributed by atoms with E-state index in [4.69, 9.17) is 11.5 Å². The number of hydrogen-bond acceptors (Lipinski definition) is 3. The van der Waals surface area contributed by atoms with Gasteiger partial charge in [0.25, 0.3) is 0 Å². The third kappa shape index (κ3) is 3.18. The van der Waals surface area contributed by atoms with E-state index in [1.165, 1.54) is 5.56 Å². The van der Waals surface area contributed by atoms with Crippen molar-refractivity contribution in [3.63, 3.8) is 0 Å². The van der Waals surface area contributed by atoms with E-state index in [9.17, 15) is 4.79 Å². The minimum absolute atomic E-state index is 0.0707. The van der Waals surface area contributed by atoms with Gasteiger partial charge in [-0.05, 0) is 36.1 Å². The molecule has 0 saturated carbocycles. The van der Waals surface area contributed by atoms with E-state index in [-0.39, 0.29) is 5.78 Å². The van der Waals surface area contributed by atoms with Gasteiger partial charge >= 0.3 is 0 Å². The molecule has 0 aliphatic carbocycles. The van der Waals surface area contributed by atoms with Crippen LogP contribution in [-0.2, 0) is 6.42 Å². The molecule has 2 aromatic rings. The number of rotatable bonds is 4. The monoisotopic (exact) mass is 268 g/mol. The molecule has 0 fully saturated rings. The van der Waals surface area contributed by atoms with Gasteiger partial charge in [-0.3, -0.25) is 4.79 Å². The van der Waals surface area contributed by atoms with E-state index < -0.39 is 0 Å². The average Bonchev–Trinajstić information content (AvgIpc) is 2.38. The lowest BCUT2D eigenvalue weighted by Gasteiger charge is -2.08. The molecule has 3 heteroatoms. The highest BCUT2D eigenvalue weighted by molar-refractivity contribution is 6.12. The highest BCUT2D eigenvalue weighted by atomic mass is 16.1. The molecule has 0 radical (unpaired) electrons. The summed E-state index contributed by atoms with van der Waals surface area (Å²) < 4.78 is 0. The molecule has 20 heavy (non-hydrogen) atoms. The summed E-state index contributed by atoms with van der Waals surface area (Å²) in [6, 6.07) is 12.7. The predicted molar refractivity (Wildman–Crippen MR) is 83.7 cm³/mol. The summed E-state index contributed by atoms with van der Waals surface area (Å²) in [5, 5.41) is 0. The van der Waals surface area contributed by atoms with Gasteiger partial charge in [0, 0.05) is 22.5 Å². The first-order valence-electron chi connectivity index (χ1n) is 6.76. The summed E-state index contributed by atoms with van der Waals surface area (Å²) in [7, 11) is 0. The third-order valence-electron chi connectivity index (χ3n) is 3.18. The lowest BCUT2D eigenvalue weighted by atomic mass is 9.97. The number of ketones is 1. The summed E-state index contributed by atoms with van der Waals surface area (Å²) in [4.78, 5) is 12.4. The highest BCUT2D eigenvalue weighted by Gasteiger charge is 2.12. The number of carbonyl (C=O) groups is 1. The van der Waals surface area contributed by atoms with Crippen molar-refractivity contribution in [3.05, 3.63) is 59.2 Å². The molecule has 0 spiro atoms. The van der Waals surface area contributed by atoms with Crippen LogP contribution in [0.3, 0.4) is 0 Å². The van der Waals surface area contributed by atoms with Crippen LogP contribution in [0, 0.1) is 5.92 Å². The maximum atomic E-state index is 12.4. The number of benzene rings is 2. The lowest BCUT2D eigenvalue weighted by Crippen LogP contribution is -2.06. The van der Waals surface area contributed by atoms with Crippen molar-refractivity contribution in [1.29, 1.82) is 0 Å². The Balaban J connectivity index is 2.25. The van der Waals surface area contributed by atoms with E-state index in [1.807, 2.05) is 24.3 Å². The Morgan fingerprint density at radius 1 is 1.05 bits per heavy atom. The molecule has 2 aromatic carbocycles. The molecule has 0 atom stereocenters. The number of nitrogens with two attached hydrogens (primary N) is 2. The smallest absolute Gasteiger partial charge is 0.195 e. The Morgan fingerprint density at radius 2 is 1.70 bits per heavy atom. The fourth-order valence-electron chi connectivity index (χ4n) is 2.21. The van der Waals surface area contributed by atoms with E-state index in [1.54, 1.807) is 18.2 Å². The standard InChI is InChI=1S/C17H20N2O/c1-11(2)9-12-3-5-13(6-4-12)17(20)15-8-7-14(18)10-16(15)19/h3-8,10-11H,9,18-19H2,1-2H3. The number of hydrogen-bond donors (Lipinski definition) is 2. The van der Waals surface area contributed by atoms with Crippen molar-refractivity contribution in [2.75, 3.05) is 11.5 Å². The van der Waals surface area contributed by atoms with Gasteiger partial charge in [-0.2, -0.15) is 0 Å². The van der Waals surface area contributed by atoms with Gasteiger partial charge in [0.2, 0.25) is 0 Å². The van der Waals surface area contributed by atoms with Crippen LogP contribution >= 0.6 is 0 Å². The van der Waals surface area contributed by atoms with Gasteiger partial charge in [0.15, 0.2) is 5.78 Å². The van der Waals surface area contributed by atoms with Crippen molar-refractivity contribution in [3.8, 4) is 0 Å². The molecule has 104 valence electrons. The fourth-order valence-corrected chi connectivity index (χ4v) is 2.21. The highest BCUT2D eigenvalue weighted by Crippen LogP contribution is 2.20. The lowest BCUT2D eigenvalue weighted by molar-refractivity contribution is 0.103. The van der Waals surface area contributed by atoms with E-state index in [0.29, 0.717) is 28.4 Å². The van der Waals surface area contributed by atoms with Crippen LogP contribution in [0.1, 0.15) is 35.3 Å². The van der Waals surface area contributed by atoms with Gasteiger partial charge in [-0.15, -0.1) is 0 Å². The van der Waals surface area contributed by atoms with Crippen molar-refractivity contribution in [1.82, 2.24) is 0 Å². The Morgan fingerprint density at radius 3 is 2.25 bits per heavy atom. The Labute approximate surface area is 119 Å². The van der Waals surface area contributed by atoms with Gasteiger partial charge in [0.05, 0.1) is 0 Å². The van der Waals surface area contributed by atoms with Crippen LogP contribution < -0.4 is 11.5 Å². The second kappa shape index (κ2) is 5.78. The van der Waals surface area contributed by atoms with E-state index in [0.717, 1.165) is 6.42 Å². The first kappa shape index (κ1) is 14.1. The van der Waals surface area contributed by atoms with Crippen molar-refractivity contribution >= 4 is 17.2 Å². The molecule has 0 aliphatic rings. The third-order valence-corrected chi connectivity index (χ3v) is 3.18. The molecular formula is C17H20N2O. The zero-order chi connectivity index (χ0) is 14.7. The van der Waals surface area contributed by atoms with Gasteiger partial charge < -0.3 is 11.5 Å². The zero-order valence-corrected chi connectivity index (χ0v) is 11.9. The molecule has 4 N–H and O–H groups in total. The maximum Gasteiger partial charge on any atom is 0.195 e. The quantitative estimate of drug-likeness (QED) is 0.660. The SMILES string of the molecule is CC(C)Cc1ccc(C(=O)c2ccc(N)cc2N)cc1. The molecule has 0 saturated heterocycles. The Hall–Kier alpha value is -2.29. The van der Waals surface area contributed by atoms with Gasteiger partial charge in [0.1, 0.15) is 0 Å². The van der Waals surface area contributed by atoms with Gasteiger partial charge in [-0.1, -0.05) is 38.1 Å². The summed E-state index contributed by atoms with van der Waals surface area (Å²) in [6.45, 7) is 4.35. The number of anilines is 2. The largest absolute Gasteiger partial charge is 0.399 e. The molecule has 2 rings (SSSR count). The summed E-state index contributed by atoms with van der Waals surface area (Å²) in [6.07, 6.45) is 1.01. The topological polar surface area (TPSA) is 69.1 Å². The summed E-state index contributed by atoms with van der Waals surface area (Å²) in [5.74, 6) is 0.530. The molecule has 0 aromatic heterocycles. The molecular weight excluding hydrogens is 248 g/mol. The minimum Gasteiger partial charge on any atom is -0.399 e. The van der Waals surface area contributed by atoms with Gasteiger partial charge in [-0.25, -0.2) is 0 Å². The molecule has 0 bridgehead atoms. The normalized spacial score (nSPS) is 10.8. The van der Waals surface area contributed by atoms with Crippen molar-refractivity contribution in [2.45, 2.75) is 20.3 Å². The average molecular weight is 268 g/mol. The van der Waals surface area contributed by atoms with E-state index >= 15 is 0 Å². The summed E-state index contributed by atoms with van der Waals surface area (Å²) in [5.41, 5.74) is 14.9. The number of nitrogen functional groups attached to an aromatic ring is 2. The predicted octanol–water partition coefficient (Wildman–Crippen LogP) is 3.28. The summed E-state index contributed by atoms with van der Waals surface area (Å²) >= 11 is 0. The molecule has 3 nitrogen and oxygen atoms in total. The van der Waals surface area contributed by atoms with E-state index in [2.05, 4.69) is 13.8 Å². The molecule has 0 amide bonds. The number of carbonyl (C=O) groups excluding carboxylic acids is 1.